The first kappa shape index (κ1) is 38.5. The summed E-state index contributed by atoms with van der Waals surface area (Å²) in [6.07, 6.45) is 14.7. The van der Waals surface area contributed by atoms with Crippen LogP contribution in [0.2, 0.25) is 0 Å². The summed E-state index contributed by atoms with van der Waals surface area (Å²) in [5.74, 6) is 2.79. The maximum absolute atomic E-state index is 13.1. The van der Waals surface area contributed by atoms with Gasteiger partial charge < -0.3 is 29.3 Å². The number of morpholine rings is 1. The van der Waals surface area contributed by atoms with Crippen molar-refractivity contribution in [2.45, 2.75) is 155 Å². The van der Waals surface area contributed by atoms with E-state index >= 15 is 0 Å². The minimum Gasteiger partial charge on any atom is -0.388 e. The van der Waals surface area contributed by atoms with Crippen LogP contribution in [0.15, 0.2) is 24.5 Å². The summed E-state index contributed by atoms with van der Waals surface area (Å²) in [7, 11) is 0. The minimum atomic E-state index is -1.15. The van der Waals surface area contributed by atoms with E-state index in [0.29, 0.717) is 60.1 Å². The number of aliphatic hydroxyl groups excluding tert-OH is 1. The van der Waals surface area contributed by atoms with Crippen molar-refractivity contribution in [3.05, 3.63) is 30.1 Å². The van der Waals surface area contributed by atoms with E-state index in [1.165, 1.54) is 38.5 Å². The van der Waals surface area contributed by atoms with Gasteiger partial charge in [-0.2, -0.15) is 13.5 Å². The molecule has 3 heterocycles. The Morgan fingerprint density at radius 2 is 1.74 bits per heavy atom. The van der Waals surface area contributed by atoms with E-state index in [2.05, 4.69) is 25.8 Å². The molecule has 5 aliphatic carbocycles. The normalized spacial score (nSPS) is 43.3. The van der Waals surface area contributed by atoms with Crippen molar-refractivity contribution >= 4 is 19.4 Å². The summed E-state index contributed by atoms with van der Waals surface area (Å²) in [4.78, 5) is 19.1. The Balaban J connectivity index is 0.00000142. The first-order chi connectivity index (χ1) is 23.3. The molecule has 5 saturated carbocycles. The Labute approximate surface area is 308 Å². The van der Waals surface area contributed by atoms with Gasteiger partial charge in [0.1, 0.15) is 6.10 Å². The Morgan fingerprint density at radius 3 is 2.46 bits per heavy atom. The van der Waals surface area contributed by atoms with Crippen molar-refractivity contribution in [2.75, 3.05) is 19.7 Å². The third kappa shape index (κ3) is 6.10. The highest BCUT2D eigenvalue weighted by Crippen LogP contribution is 2.87. The molecule has 1 aromatic rings. The molecule has 8 rings (SSSR count). The summed E-state index contributed by atoms with van der Waals surface area (Å²) in [5.41, 5.74) is 1.09. The third-order valence-electron chi connectivity index (χ3n) is 15.4. The van der Waals surface area contributed by atoms with Crippen LogP contribution >= 0.6 is 13.5 Å². The number of hydrogen-bond donors (Lipinski definition) is 2. The average Bonchev–Trinajstić information content (AvgIpc) is 3.66. The molecule has 7 aliphatic rings. The Bertz CT molecular complexity index is 1360. The maximum atomic E-state index is 13.1. The smallest absolute Gasteiger partial charge is 0.227 e. The number of nitrogens with zero attached hydrogens (tertiary/aromatic N) is 2. The van der Waals surface area contributed by atoms with Crippen LogP contribution in [0.3, 0.4) is 0 Å². The summed E-state index contributed by atoms with van der Waals surface area (Å²) in [5, 5.41) is 21.4. The number of carbonyl (C=O) groups is 1. The van der Waals surface area contributed by atoms with Gasteiger partial charge in [0.05, 0.1) is 43.5 Å². The van der Waals surface area contributed by atoms with E-state index in [-0.39, 0.29) is 49.4 Å². The van der Waals surface area contributed by atoms with E-state index in [0.717, 1.165) is 37.2 Å². The van der Waals surface area contributed by atoms with Crippen molar-refractivity contribution in [1.82, 2.24) is 9.88 Å². The molecule has 8 nitrogen and oxygen atoms in total. The zero-order valence-electron chi connectivity index (χ0n) is 31.8. The average molecular weight is 715 g/mol. The van der Waals surface area contributed by atoms with E-state index < -0.39 is 11.7 Å². The van der Waals surface area contributed by atoms with Gasteiger partial charge in [0.25, 0.3) is 0 Å². The first-order valence-electron chi connectivity index (χ1n) is 19.8. The number of fused-ring (bicyclic) bond motifs is 4. The molecule has 0 radical (unpaired) electrons. The largest absolute Gasteiger partial charge is 0.388 e. The lowest BCUT2D eigenvalue weighted by Gasteiger charge is -2.60. The van der Waals surface area contributed by atoms with Crippen LogP contribution in [0.25, 0.3) is 0 Å². The molecule has 2 spiro atoms. The van der Waals surface area contributed by atoms with Crippen molar-refractivity contribution in [3.63, 3.8) is 0 Å². The fourth-order valence-corrected chi connectivity index (χ4v) is 13.1. The molecular formula is C41H66N2O6S. The second-order valence-electron chi connectivity index (χ2n) is 18.2. The monoisotopic (exact) mass is 714 g/mol. The van der Waals surface area contributed by atoms with Crippen LogP contribution in [0.5, 0.6) is 0 Å². The number of rotatable bonds is 6. The summed E-state index contributed by atoms with van der Waals surface area (Å²) in [6.45, 7) is 16.5. The molecule has 9 unspecified atom stereocenters. The number of pyridine rings is 1. The number of aliphatic hydroxyl groups is 2. The second-order valence-corrected chi connectivity index (χ2v) is 18.2. The van der Waals surface area contributed by atoms with E-state index in [9.17, 15) is 15.0 Å². The van der Waals surface area contributed by atoms with Gasteiger partial charge in [-0.15, -0.1) is 0 Å². The minimum absolute atomic E-state index is 0. The van der Waals surface area contributed by atoms with Gasteiger partial charge in [-0.05, 0) is 141 Å². The topological polar surface area (TPSA) is 101 Å². The van der Waals surface area contributed by atoms with Crippen LogP contribution in [0, 0.1) is 45.3 Å². The van der Waals surface area contributed by atoms with E-state index in [4.69, 9.17) is 14.2 Å². The standard InChI is InChI=1S/C39H58N2O6.C2H6.H2S/c1-35(2)30-9-7-25-27-21-29-26(6-8-28(46-29)34(43)36(3,4)44)37(27,5)14-15-38(25)23-39(30,38)13-10-31(35)47-33-22-41(18-19-45-33)32(42)20-24-11-16-40-17-12-24;1-2;/h11-12,16-17,25-31,33-34,43-44H,6-10,13-15,18-23H2,1-5H3;1-2H3;1H2/t25?,26?,27?,28?,29?,30?,31-,33?,34-,37?,38-,39?;;/m0../s1. The van der Waals surface area contributed by atoms with E-state index in [1.54, 1.807) is 26.2 Å². The quantitative estimate of drug-likeness (QED) is 0.340. The van der Waals surface area contributed by atoms with Crippen LogP contribution in [0.1, 0.15) is 118 Å². The molecule has 2 saturated heterocycles. The van der Waals surface area contributed by atoms with Gasteiger partial charge in [-0.3, -0.25) is 9.78 Å². The summed E-state index contributed by atoms with van der Waals surface area (Å²) >= 11 is 0. The molecule has 2 N–H and O–H groups in total. The van der Waals surface area contributed by atoms with Gasteiger partial charge >= 0.3 is 0 Å². The van der Waals surface area contributed by atoms with Gasteiger partial charge in [0.15, 0.2) is 6.29 Å². The molecule has 7 fully saturated rings. The fraction of sp³-hybridized carbons (Fsp3) is 0.854. The van der Waals surface area contributed by atoms with E-state index in [1.807, 2.05) is 30.9 Å². The van der Waals surface area contributed by atoms with Crippen LogP contribution in [-0.4, -0.2) is 82.0 Å². The summed E-state index contributed by atoms with van der Waals surface area (Å²) in [6, 6.07) is 3.82. The van der Waals surface area contributed by atoms with Gasteiger partial charge in [0, 0.05) is 18.9 Å². The second kappa shape index (κ2) is 13.9. The zero-order valence-corrected chi connectivity index (χ0v) is 32.8. The third-order valence-corrected chi connectivity index (χ3v) is 15.4. The van der Waals surface area contributed by atoms with Crippen molar-refractivity contribution in [2.24, 2.45) is 45.3 Å². The predicted molar refractivity (Wildman–Crippen MR) is 199 cm³/mol. The van der Waals surface area contributed by atoms with Crippen molar-refractivity contribution < 1.29 is 29.2 Å². The van der Waals surface area contributed by atoms with Gasteiger partial charge in [-0.25, -0.2) is 0 Å². The number of hydrogen-bond acceptors (Lipinski definition) is 7. The number of aromatic nitrogens is 1. The SMILES string of the molecule is CC.CC12CC[C@@]34CC35CC[C@H](OC3CN(C(=O)Cc6ccncc6)CCO3)C(C)(C)C5CCC4C1CC1OC([C@H](O)C(C)(C)O)CCC12.S. The highest BCUT2D eigenvalue weighted by molar-refractivity contribution is 7.59. The maximum Gasteiger partial charge on any atom is 0.227 e. The summed E-state index contributed by atoms with van der Waals surface area (Å²) < 4.78 is 19.7. The lowest BCUT2D eigenvalue weighted by atomic mass is 9.46. The zero-order chi connectivity index (χ0) is 35.0. The number of ether oxygens (including phenoxy) is 3. The molecule has 282 valence electrons. The molecule has 1 aromatic heterocycles. The fourth-order valence-electron chi connectivity index (χ4n) is 13.1. The highest BCUT2D eigenvalue weighted by atomic mass is 32.1. The molecular weight excluding hydrogens is 649 g/mol. The van der Waals surface area contributed by atoms with Crippen LogP contribution in [-0.2, 0) is 25.4 Å². The lowest BCUT2D eigenvalue weighted by molar-refractivity contribution is -0.244. The Kier molecular flexibility index (Phi) is 10.7. The Hall–Kier alpha value is -1.23. The van der Waals surface area contributed by atoms with Crippen LogP contribution < -0.4 is 0 Å². The lowest BCUT2D eigenvalue weighted by Crippen LogP contribution is -2.56. The number of carbonyl (C=O) groups excluding carboxylic acids is 1. The first-order valence-corrected chi connectivity index (χ1v) is 19.8. The van der Waals surface area contributed by atoms with Gasteiger partial charge in [-0.1, -0.05) is 34.6 Å². The van der Waals surface area contributed by atoms with Gasteiger partial charge in [0.2, 0.25) is 5.91 Å². The molecule has 9 heteroatoms. The van der Waals surface area contributed by atoms with Crippen molar-refractivity contribution in [1.29, 1.82) is 0 Å². The molecule has 50 heavy (non-hydrogen) atoms. The van der Waals surface area contributed by atoms with Crippen molar-refractivity contribution in [3.8, 4) is 0 Å². The molecule has 1 amide bonds. The molecule has 2 aliphatic heterocycles. The van der Waals surface area contributed by atoms with Crippen LogP contribution in [0.4, 0.5) is 0 Å². The number of amides is 1. The highest BCUT2D eigenvalue weighted by Gasteiger charge is 2.80. The molecule has 12 atom stereocenters. The molecule has 0 bridgehead atoms. The molecule has 0 aromatic carbocycles. The predicted octanol–water partition coefficient (Wildman–Crippen LogP) is 6.67. The Morgan fingerprint density at radius 1 is 1.02 bits per heavy atom.